The van der Waals surface area contributed by atoms with Gasteiger partial charge in [-0.2, -0.15) is 0 Å². The molecule has 3 heteroatoms. The minimum absolute atomic E-state index is 0.167. The van der Waals surface area contributed by atoms with E-state index in [-0.39, 0.29) is 12.1 Å². The van der Waals surface area contributed by atoms with Gasteiger partial charge in [-0.3, -0.25) is 0 Å². The Hall–Kier alpha value is -0.540. The maximum atomic E-state index is 5.72. The zero-order chi connectivity index (χ0) is 11.8. The lowest BCUT2D eigenvalue weighted by Crippen LogP contribution is -2.43. The standard InChI is InChI=1S/C13H25NO2/c1-4-9-14-13(11(3)15-5-2)12-8-6-7-10-16-12/h8,11,13-14H,4-7,9-10H2,1-3H3. The average molecular weight is 227 g/mol. The van der Waals surface area contributed by atoms with Crippen LogP contribution >= 0.6 is 0 Å². The number of allylic oxidation sites excluding steroid dienone is 1. The summed E-state index contributed by atoms with van der Waals surface area (Å²) in [7, 11) is 0. The molecule has 0 radical (unpaired) electrons. The SMILES string of the molecule is CCCNC(C1=CCCCO1)C(C)OCC. The van der Waals surface area contributed by atoms with E-state index in [9.17, 15) is 0 Å². The fourth-order valence-corrected chi connectivity index (χ4v) is 1.95. The monoisotopic (exact) mass is 227 g/mol. The molecule has 0 fully saturated rings. The third-order valence-electron chi connectivity index (χ3n) is 2.78. The Morgan fingerprint density at radius 2 is 2.31 bits per heavy atom. The second kappa shape index (κ2) is 7.69. The largest absolute Gasteiger partial charge is 0.496 e. The second-order valence-electron chi connectivity index (χ2n) is 4.19. The molecule has 0 aromatic heterocycles. The molecular formula is C13H25NO2. The number of rotatable bonds is 7. The van der Waals surface area contributed by atoms with Gasteiger partial charge in [-0.05, 0) is 45.7 Å². The lowest BCUT2D eigenvalue weighted by atomic mass is 10.1. The zero-order valence-corrected chi connectivity index (χ0v) is 10.8. The highest BCUT2D eigenvalue weighted by Gasteiger charge is 2.23. The fraction of sp³-hybridized carbons (Fsp3) is 0.846. The highest BCUT2D eigenvalue weighted by molar-refractivity contribution is 5.07. The van der Waals surface area contributed by atoms with Crippen LogP contribution in [-0.4, -0.2) is 31.9 Å². The molecule has 16 heavy (non-hydrogen) atoms. The van der Waals surface area contributed by atoms with Crippen molar-refractivity contribution in [1.82, 2.24) is 5.32 Å². The maximum Gasteiger partial charge on any atom is 0.112 e. The van der Waals surface area contributed by atoms with Crippen LogP contribution in [0.25, 0.3) is 0 Å². The predicted octanol–water partition coefficient (Wildman–Crippen LogP) is 2.47. The molecular weight excluding hydrogens is 202 g/mol. The first kappa shape index (κ1) is 13.5. The lowest BCUT2D eigenvalue weighted by molar-refractivity contribution is 0.0345. The van der Waals surface area contributed by atoms with Crippen molar-refractivity contribution in [3.8, 4) is 0 Å². The first-order chi connectivity index (χ1) is 7.79. The molecule has 1 aliphatic heterocycles. The Morgan fingerprint density at radius 3 is 2.88 bits per heavy atom. The molecule has 1 aliphatic rings. The van der Waals surface area contributed by atoms with Gasteiger partial charge in [0.05, 0.1) is 18.8 Å². The van der Waals surface area contributed by atoms with Crippen molar-refractivity contribution in [3.05, 3.63) is 11.8 Å². The van der Waals surface area contributed by atoms with Gasteiger partial charge in [0, 0.05) is 6.61 Å². The molecule has 0 saturated heterocycles. The fourth-order valence-electron chi connectivity index (χ4n) is 1.95. The van der Waals surface area contributed by atoms with Gasteiger partial charge in [-0.15, -0.1) is 0 Å². The van der Waals surface area contributed by atoms with Crippen molar-refractivity contribution in [2.45, 2.75) is 52.2 Å². The summed E-state index contributed by atoms with van der Waals surface area (Å²) in [4.78, 5) is 0. The average Bonchev–Trinajstić information content (AvgIpc) is 2.31. The Morgan fingerprint density at radius 1 is 1.50 bits per heavy atom. The Labute approximate surface area is 99.2 Å². The van der Waals surface area contributed by atoms with E-state index in [0.29, 0.717) is 0 Å². The van der Waals surface area contributed by atoms with Crippen molar-refractivity contribution in [1.29, 1.82) is 0 Å². The number of nitrogens with one attached hydrogen (secondary N) is 1. The van der Waals surface area contributed by atoms with E-state index < -0.39 is 0 Å². The highest BCUT2D eigenvalue weighted by Crippen LogP contribution is 2.17. The van der Waals surface area contributed by atoms with Crippen molar-refractivity contribution in [2.75, 3.05) is 19.8 Å². The normalized spacial score (nSPS) is 19.8. The van der Waals surface area contributed by atoms with Gasteiger partial charge in [0.25, 0.3) is 0 Å². The van der Waals surface area contributed by atoms with Gasteiger partial charge in [-0.25, -0.2) is 0 Å². The van der Waals surface area contributed by atoms with E-state index in [4.69, 9.17) is 9.47 Å². The van der Waals surface area contributed by atoms with Crippen LogP contribution in [0.2, 0.25) is 0 Å². The van der Waals surface area contributed by atoms with E-state index in [1.165, 1.54) is 0 Å². The summed E-state index contributed by atoms with van der Waals surface area (Å²) in [6.45, 7) is 8.90. The third kappa shape index (κ3) is 4.14. The van der Waals surface area contributed by atoms with Gasteiger partial charge in [0.1, 0.15) is 5.76 Å². The molecule has 0 spiro atoms. The summed E-state index contributed by atoms with van der Waals surface area (Å²) in [5, 5.41) is 3.51. The van der Waals surface area contributed by atoms with Crippen LogP contribution in [0.5, 0.6) is 0 Å². The zero-order valence-electron chi connectivity index (χ0n) is 10.8. The first-order valence-electron chi connectivity index (χ1n) is 6.47. The Balaban J connectivity index is 2.57. The van der Waals surface area contributed by atoms with Gasteiger partial charge < -0.3 is 14.8 Å². The van der Waals surface area contributed by atoms with Gasteiger partial charge in [-0.1, -0.05) is 6.92 Å². The molecule has 0 aromatic carbocycles. The van der Waals surface area contributed by atoms with Crippen LogP contribution < -0.4 is 5.32 Å². The summed E-state index contributed by atoms with van der Waals surface area (Å²) < 4.78 is 11.4. The van der Waals surface area contributed by atoms with E-state index >= 15 is 0 Å². The smallest absolute Gasteiger partial charge is 0.112 e. The summed E-state index contributed by atoms with van der Waals surface area (Å²) in [5.74, 6) is 1.07. The Bertz CT molecular complexity index is 216. The van der Waals surface area contributed by atoms with E-state index in [1.807, 2.05) is 6.92 Å². The number of hydrogen-bond donors (Lipinski definition) is 1. The molecule has 0 aliphatic carbocycles. The lowest BCUT2D eigenvalue weighted by Gasteiger charge is -2.29. The van der Waals surface area contributed by atoms with Gasteiger partial charge in [0.15, 0.2) is 0 Å². The highest BCUT2D eigenvalue weighted by atomic mass is 16.5. The van der Waals surface area contributed by atoms with Crippen LogP contribution in [0.15, 0.2) is 11.8 Å². The van der Waals surface area contributed by atoms with E-state index in [1.54, 1.807) is 0 Å². The number of hydrogen-bond acceptors (Lipinski definition) is 3. The van der Waals surface area contributed by atoms with Crippen molar-refractivity contribution >= 4 is 0 Å². The van der Waals surface area contributed by atoms with Crippen LogP contribution in [0.1, 0.15) is 40.0 Å². The molecule has 0 aromatic rings. The molecule has 1 rings (SSSR count). The van der Waals surface area contributed by atoms with Gasteiger partial charge in [0.2, 0.25) is 0 Å². The third-order valence-corrected chi connectivity index (χ3v) is 2.78. The van der Waals surface area contributed by atoms with Gasteiger partial charge >= 0.3 is 0 Å². The molecule has 1 heterocycles. The van der Waals surface area contributed by atoms with Crippen molar-refractivity contribution in [2.24, 2.45) is 0 Å². The summed E-state index contributed by atoms with van der Waals surface area (Å²) in [6, 6.07) is 0.209. The van der Waals surface area contributed by atoms with Crippen LogP contribution in [0.4, 0.5) is 0 Å². The van der Waals surface area contributed by atoms with Crippen molar-refractivity contribution < 1.29 is 9.47 Å². The minimum atomic E-state index is 0.167. The second-order valence-corrected chi connectivity index (χ2v) is 4.19. The minimum Gasteiger partial charge on any atom is -0.496 e. The van der Waals surface area contributed by atoms with Crippen LogP contribution in [0.3, 0.4) is 0 Å². The molecule has 3 nitrogen and oxygen atoms in total. The molecule has 0 saturated carbocycles. The quantitative estimate of drug-likeness (QED) is 0.725. The van der Waals surface area contributed by atoms with E-state index in [2.05, 4.69) is 25.2 Å². The molecule has 2 atom stereocenters. The summed E-state index contributed by atoms with van der Waals surface area (Å²) in [6.07, 6.45) is 5.75. The predicted molar refractivity (Wildman–Crippen MR) is 66.4 cm³/mol. The molecule has 1 N–H and O–H groups in total. The number of ether oxygens (including phenoxy) is 2. The van der Waals surface area contributed by atoms with Crippen molar-refractivity contribution in [3.63, 3.8) is 0 Å². The molecule has 0 amide bonds. The van der Waals surface area contributed by atoms with Crippen LogP contribution in [-0.2, 0) is 9.47 Å². The first-order valence-corrected chi connectivity index (χ1v) is 6.47. The maximum absolute atomic E-state index is 5.72. The topological polar surface area (TPSA) is 30.5 Å². The van der Waals surface area contributed by atoms with Crippen LogP contribution in [0, 0.1) is 0 Å². The summed E-state index contributed by atoms with van der Waals surface area (Å²) >= 11 is 0. The molecule has 0 bridgehead atoms. The van der Waals surface area contributed by atoms with E-state index in [0.717, 1.165) is 44.8 Å². The molecule has 2 unspecified atom stereocenters. The summed E-state index contributed by atoms with van der Waals surface area (Å²) in [5.41, 5.74) is 0. The Kier molecular flexibility index (Phi) is 6.50. The molecule has 94 valence electrons.